The van der Waals surface area contributed by atoms with Gasteiger partial charge >= 0.3 is 0 Å². The zero-order valence-electron chi connectivity index (χ0n) is 23.5. The summed E-state index contributed by atoms with van der Waals surface area (Å²) in [6.07, 6.45) is 1.59. The summed E-state index contributed by atoms with van der Waals surface area (Å²) >= 11 is 0. The van der Waals surface area contributed by atoms with Crippen LogP contribution in [0.25, 0.3) is 0 Å². The molecule has 0 heterocycles. The van der Waals surface area contributed by atoms with Crippen LogP contribution in [0, 0.1) is 12.7 Å². The van der Waals surface area contributed by atoms with Crippen molar-refractivity contribution in [2.75, 3.05) is 17.4 Å². The molecule has 0 aliphatic carbocycles. The third-order valence-electron chi connectivity index (χ3n) is 6.87. The second-order valence-corrected chi connectivity index (χ2v) is 11.7. The van der Waals surface area contributed by atoms with Crippen LogP contribution in [0.1, 0.15) is 44.7 Å². The van der Waals surface area contributed by atoms with E-state index in [1.807, 2.05) is 58.0 Å². The number of halogens is 1. The minimum Gasteiger partial charge on any atom is -0.352 e. The summed E-state index contributed by atoms with van der Waals surface area (Å²) in [5, 5.41) is 2.97. The van der Waals surface area contributed by atoms with E-state index in [2.05, 4.69) is 5.32 Å². The minimum atomic E-state index is -4.24. The van der Waals surface area contributed by atoms with E-state index in [0.29, 0.717) is 18.5 Å². The Morgan fingerprint density at radius 3 is 2.10 bits per heavy atom. The van der Waals surface area contributed by atoms with Crippen LogP contribution < -0.4 is 9.62 Å². The monoisotopic (exact) mass is 567 g/mol. The van der Waals surface area contributed by atoms with E-state index in [0.717, 1.165) is 34.0 Å². The largest absolute Gasteiger partial charge is 0.352 e. The number of amides is 2. The molecule has 3 aromatic carbocycles. The molecule has 9 heteroatoms. The maximum absolute atomic E-state index is 14.0. The minimum absolute atomic E-state index is 0.0736. The predicted molar refractivity (Wildman–Crippen MR) is 156 cm³/mol. The molecule has 0 fully saturated rings. The molecule has 0 aliphatic rings. The lowest BCUT2D eigenvalue weighted by atomic mass is 10.1. The van der Waals surface area contributed by atoms with E-state index in [9.17, 15) is 22.4 Å². The van der Waals surface area contributed by atoms with Gasteiger partial charge in [-0.1, -0.05) is 61.9 Å². The third-order valence-corrected chi connectivity index (χ3v) is 8.66. The molecule has 3 aromatic rings. The SMILES string of the molecule is CC[C@H](C(=O)N[C@@H](C)CC)N(CCc1ccccc1)C(=O)CN(c1ccc(C)cc1)S(=O)(=O)c1ccc(F)cc1. The third kappa shape index (κ3) is 7.91. The van der Waals surface area contributed by atoms with Crippen LogP contribution in [-0.2, 0) is 26.0 Å². The van der Waals surface area contributed by atoms with E-state index in [1.54, 1.807) is 24.3 Å². The fraction of sp³-hybridized carbons (Fsp3) is 0.355. The molecule has 0 bridgehead atoms. The van der Waals surface area contributed by atoms with Crippen LogP contribution in [-0.4, -0.2) is 50.3 Å². The number of rotatable bonds is 13. The van der Waals surface area contributed by atoms with Crippen molar-refractivity contribution in [1.29, 1.82) is 0 Å². The zero-order valence-corrected chi connectivity index (χ0v) is 24.3. The number of nitrogens with zero attached hydrogens (tertiary/aromatic N) is 2. The van der Waals surface area contributed by atoms with Gasteiger partial charge < -0.3 is 10.2 Å². The van der Waals surface area contributed by atoms with Crippen molar-refractivity contribution < 1.29 is 22.4 Å². The van der Waals surface area contributed by atoms with Gasteiger partial charge in [0.2, 0.25) is 11.8 Å². The maximum Gasteiger partial charge on any atom is 0.264 e. The first kappa shape index (κ1) is 30.8. The van der Waals surface area contributed by atoms with E-state index < -0.39 is 34.3 Å². The lowest BCUT2D eigenvalue weighted by Crippen LogP contribution is -2.54. The van der Waals surface area contributed by atoms with Crippen LogP contribution in [0.3, 0.4) is 0 Å². The Bertz CT molecular complexity index is 1360. The summed E-state index contributed by atoms with van der Waals surface area (Å²) in [7, 11) is -4.24. The highest BCUT2D eigenvalue weighted by Crippen LogP contribution is 2.25. The van der Waals surface area contributed by atoms with E-state index in [1.165, 1.54) is 17.0 Å². The number of benzene rings is 3. The molecule has 2 atom stereocenters. The molecule has 0 aromatic heterocycles. The number of anilines is 1. The Morgan fingerprint density at radius 2 is 1.52 bits per heavy atom. The molecule has 2 amide bonds. The van der Waals surface area contributed by atoms with E-state index in [4.69, 9.17) is 0 Å². The van der Waals surface area contributed by atoms with Crippen LogP contribution in [0.2, 0.25) is 0 Å². The average Bonchev–Trinajstić information content (AvgIpc) is 2.95. The van der Waals surface area contributed by atoms with Crippen molar-refractivity contribution >= 4 is 27.5 Å². The Balaban J connectivity index is 2.00. The molecule has 7 nitrogen and oxygen atoms in total. The van der Waals surface area contributed by atoms with Crippen LogP contribution in [0.15, 0.2) is 83.8 Å². The van der Waals surface area contributed by atoms with E-state index in [-0.39, 0.29) is 23.4 Å². The van der Waals surface area contributed by atoms with Crippen LogP contribution in [0.5, 0.6) is 0 Å². The van der Waals surface area contributed by atoms with Gasteiger partial charge in [-0.3, -0.25) is 13.9 Å². The normalized spacial score (nSPS) is 12.8. The quantitative estimate of drug-likeness (QED) is 0.312. The number of hydrogen-bond donors (Lipinski definition) is 1. The average molecular weight is 568 g/mol. The fourth-order valence-corrected chi connectivity index (χ4v) is 5.72. The summed E-state index contributed by atoms with van der Waals surface area (Å²) in [5.74, 6) is -1.35. The number of carbonyl (C=O) groups excluding carboxylic acids is 2. The van der Waals surface area contributed by atoms with Gasteiger partial charge in [-0.15, -0.1) is 0 Å². The smallest absolute Gasteiger partial charge is 0.264 e. The Kier molecular flexibility index (Phi) is 10.8. The zero-order chi connectivity index (χ0) is 29.3. The molecule has 0 unspecified atom stereocenters. The molecule has 0 radical (unpaired) electrons. The Hall–Kier alpha value is -3.72. The van der Waals surface area contributed by atoms with Gasteiger partial charge in [0.15, 0.2) is 0 Å². The van der Waals surface area contributed by atoms with Crippen molar-refractivity contribution in [3.05, 3.63) is 95.8 Å². The number of carbonyl (C=O) groups is 2. The van der Waals surface area contributed by atoms with Gasteiger partial charge in [-0.05, 0) is 75.1 Å². The number of sulfonamides is 1. The highest BCUT2D eigenvalue weighted by atomic mass is 32.2. The lowest BCUT2D eigenvalue weighted by Gasteiger charge is -2.33. The van der Waals surface area contributed by atoms with Gasteiger partial charge in [0.05, 0.1) is 10.6 Å². The molecule has 0 saturated heterocycles. The highest BCUT2D eigenvalue weighted by Gasteiger charge is 2.33. The second-order valence-electron chi connectivity index (χ2n) is 9.87. The van der Waals surface area contributed by atoms with Crippen molar-refractivity contribution in [2.45, 2.75) is 63.9 Å². The topological polar surface area (TPSA) is 86.8 Å². The standard InChI is InChI=1S/C31H38FN3O4S/c1-5-24(4)33-31(37)29(6-2)34(21-20-25-10-8-7-9-11-25)30(36)22-35(27-16-12-23(3)13-17-27)40(38,39)28-18-14-26(32)15-19-28/h7-19,24,29H,5-6,20-22H2,1-4H3,(H,33,37)/t24-,29+/m0/s1. The summed E-state index contributed by atoms with van der Waals surface area (Å²) in [6, 6.07) is 20.0. The van der Waals surface area contributed by atoms with Crippen LogP contribution in [0.4, 0.5) is 10.1 Å². The number of nitrogens with one attached hydrogen (secondary N) is 1. The van der Waals surface area contributed by atoms with Crippen molar-refractivity contribution in [3.63, 3.8) is 0 Å². The molecular formula is C31H38FN3O4S. The van der Waals surface area contributed by atoms with E-state index >= 15 is 0 Å². The molecule has 3 rings (SSSR count). The first-order valence-electron chi connectivity index (χ1n) is 13.6. The van der Waals surface area contributed by atoms with Crippen LogP contribution >= 0.6 is 0 Å². The summed E-state index contributed by atoms with van der Waals surface area (Å²) in [4.78, 5) is 28.6. The number of hydrogen-bond acceptors (Lipinski definition) is 4. The summed E-state index contributed by atoms with van der Waals surface area (Å²) in [6.45, 7) is 7.27. The lowest BCUT2D eigenvalue weighted by molar-refractivity contribution is -0.139. The first-order chi connectivity index (χ1) is 19.1. The molecule has 0 saturated carbocycles. The molecule has 0 spiro atoms. The first-order valence-corrected chi connectivity index (χ1v) is 15.0. The molecule has 0 aliphatic heterocycles. The highest BCUT2D eigenvalue weighted by molar-refractivity contribution is 7.92. The van der Waals surface area contributed by atoms with Crippen molar-refractivity contribution in [3.8, 4) is 0 Å². The molecular weight excluding hydrogens is 529 g/mol. The summed E-state index contributed by atoms with van der Waals surface area (Å²) < 4.78 is 42.2. The van der Waals surface area contributed by atoms with Gasteiger partial charge in [-0.2, -0.15) is 0 Å². The second kappa shape index (κ2) is 14.1. The molecule has 40 heavy (non-hydrogen) atoms. The van der Waals surface area contributed by atoms with Gasteiger partial charge in [-0.25, -0.2) is 12.8 Å². The predicted octanol–water partition coefficient (Wildman–Crippen LogP) is 5.09. The van der Waals surface area contributed by atoms with Gasteiger partial charge in [0.25, 0.3) is 10.0 Å². The van der Waals surface area contributed by atoms with Crippen molar-refractivity contribution in [2.24, 2.45) is 0 Å². The summed E-state index contributed by atoms with van der Waals surface area (Å²) in [5.41, 5.74) is 2.21. The Labute approximate surface area is 237 Å². The number of aryl methyl sites for hydroxylation is 1. The fourth-order valence-electron chi connectivity index (χ4n) is 4.31. The van der Waals surface area contributed by atoms with Gasteiger partial charge in [0, 0.05) is 12.6 Å². The maximum atomic E-state index is 14.0. The molecule has 214 valence electrons. The van der Waals surface area contributed by atoms with Crippen molar-refractivity contribution in [1.82, 2.24) is 10.2 Å². The molecule has 1 N–H and O–H groups in total. The Morgan fingerprint density at radius 1 is 0.900 bits per heavy atom. The van der Waals surface area contributed by atoms with Gasteiger partial charge in [0.1, 0.15) is 18.4 Å².